The van der Waals surface area contributed by atoms with Crippen LogP contribution in [0.3, 0.4) is 0 Å². The fourth-order valence-corrected chi connectivity index (χ4v) is 5.06. The number of carbonyl (C=O) groups is 1. The molecule has 6 nitrogen and oxygen atoms in total. The normalized spacial score (nSPS) is 18.0. The SMILES string of the molecule is CCC(=O)Nc1ccc(N2C(=S)N[C@H](c3ccccn3)[C@@H]2c2ccc(C)s2)cc1OC. The number of carbonyl (C=O) groups excluding carboxylic acids is 1. The van der Waals surface area contributed by atoms with Crippen LogP contribution in [0, 0.1) is 6.92 Å². The fourth-order valence-electron chi connectivity index (χ4n) is 3.71. The van der Waals surface area contributed by atoms with E-state index in [-0.39, 0.29) is 18.0 Å². The Labute approximate surface area is 191 Å². The van der Waals surface area contributed by atoms with Crippen LogP contribution >= 0.6 is 23.6 Å². The summed E-state index contributed by atoms with van der Waals surface area (Å²) in [5.41, 5.74) is 2.46. The highest BCUT2D eigenvalue weighted by molar-refractivity contribution is 7.80. The number of rotatable bonds is 6. The summed E-state index contributed by atoms with van der Waals surface area (Å²) < 4.78 is 5.57. The smallest absolute Gasteiger partial charge is 0.224 e. The Kier molecular flexibility index (Phi) is 6.20. The number of benzene rings is 1. The molecule has 1 saturated heterocycles. The van der Waals surface area contributed by atoms with Gasteiger partial charge in [-0.3, -0.25) is 9.78 Å². The number of nitrogens with one attached hydrogen (secondary N) is 2. The van der Waals surface area contributed by atoms with Gasteiger partial charge in [-0.25, -0.2) is 0 Å². The number of hydrogen-bond acceptors (Lipinski definition) is 5. The number of hydrogen-bond donors (Lipinski definition) is 2. The van der Waals surface area contributed by atoms with Gasteiger partial charge in [0.05, 0.1) is 30.6 Å². The van der Waals surface area contributed by atoms with Crippen LogP contribution < -0.4 is 20.3 Å². The maximum Gasteiger partial charge on any atom is 0.224 e. The summed E-state index contributed by atoms with van der Waals surface area (Å²) in [5.74, 6) is 0.524. The zero-order valence-electron chi connectivity index (χ0n) is 17.6. The second kappa shape index (κ2) is 9.03. The van der Waals surface area contributed by atoms with Crippen molar-refractivity contribution in [2.24, 2.45) is 0 Å². The van der Waals surface area contributed by atoms with Gasteiger partial charge in [-0.1, -0.05) is 13.0 Å². The average molecular weight is 453 g/mol. The van der Waals surface area contributed by atoms with Crippen molar-refractivity contribution in [3.05, 3.63) is 70.2 Å². The lowest BCUT2D eigenvalue weighted by Crippen LogP contribution is -2.29. The molecule has 1 fully saturated rings. The van der Waals surface area contributed by atoms with Crippen LogP contribution in [0.4, 0.5) is 11.4 Å². The van der Waals surface area contributed by atoms with Crippen LogP contribution in [0.25, 0.3) is 0 Å². The maximum atomic E-state index is 11.9. The molecule has 2 aromatic heterocycles. The van der Waals surface area contributed by atoms with E-state index < -0.39 is 0 Å². The summed E-state index contributed by atoms with van der Waals surface area (Å²) in [5, 5.41) is 6.97. The van der Waals surface area contributed by atoms with E-state index in [1.165, 1.54) is 9.75 Å². The topological polar surface area (TPSA) is 66.5 Å². The van der Waals surface area contributed by atoms with Gasteiger partial charge < -0.3 is 20.3 Å². The summed E-state index contributed by atoms with van der Waals surface area (Å²) in [7, 11) is 1.60. The molecule has 0 unspecified atom stereocenters. The van der Waals surface area contributed by atoms with E-state index in [0.717, 1.165) is 11.4 Å². The Morgan fingerprint density at radius 1 is 1.29 bits per heavy atom. The Morgan fingerprint density at radius 3 is 2.77 bits per heavy atom. The number of nitrogens with zero attached hydrogens (tertiary/aromatic N) is 2. The largest absolute Gasteiger partial charge is 0.494 e. The van der Waals surface area contributed by atoms with E-state index in [9.17, 15) is 4.79 Å². The molecule has 8 heteroatoms. The number of methoxy groups -OCH3 is 1. The average Bonchev–Trinajstić information content (AvgIpc) is 3.37. The molecular formula is C23H24N4O2S2. The zero-order valence-corrected chi connectivity index (χ0v) is 19.2. The minimum absolute atomic E-state index is 0.0538. The van der Waals surface area contributed by atoms with E-state index in [1.807, 2.05) is 43.3 Å². The van der Waals surface area contributed by atoms with E-state index in [0.29, 0.717) is 23.0 Å². The van der Waals surface area contributed by atoms with Crippen molar-refractivity contribution in [1.29, 1.82) is 0 Å². The Bertz CT molecular complexity index is 1100. The molecule has 0 aliphatic carbocycles. The second-order valence-corrected chi connectivity index (χ2v) is 8.94. The third-order valence-corrected chi connectivity index (χ3v) is 6.60. The molecule has 4 rings (SSSR count). The number of thiocarbonyl (C=S) groups is 1. The molecule has 0 spiro atoms. The van der Waals surface area contributed by atoms with Gasteiger partial charge in [0.2, 0.25) is 5.91 Å². The third-order valence-electron chi connectivity index (χ3n) is 5.21. The fraction of sp³-hybridized carbons (Fsp3) is 0.261. The first-order chi connectivity index (χ1) is 15.0. The molecule has 2 N–H and O–H groups in total. The van der Waals surface area contributed by atoms with Gasteiger partial charge in [0.15, 0.2) is 5.11 Å². The molecule has 3 heterocycles. The van der Waals surface area contributed by atoms with Crippen LogP contribution in [0.2, 0.25) is 0 Å². The minimum atomic E-state index is -0.0859. The van der Waals surface area contributed by atoms with Crippen LogP contribution in [-0.4, -0.2) is 23.1 Å². The molecule has 2 atom stereocenters. The van der Waals surface area contributed by atoms with Crippen LogP contribution in [0.1, 0.15) is 40.9 Å². The van der Waals surface area contributed by atoms with Crippen LogP contribution in [0.15, 0.2) is 54.7 Å². The number of anilines is 2. The van der Waals surface area contributed by atoms with Crippen molar-refractivity contribution in [1.82, 2.24) is 10.3 Å². The van der Waals surface area contributed by atoms with Crippen molar-refractivity contribution < 1.29 is 9.53 Å². The monoisotopic (exact) mass is 452 g/mol. The molecular weight excluding hydrogens is 428 g/mol. The van der Waals surface area contributed by atoms with E-state index in [1.54, 1.807) is 24.6 Å². The summed E-state index contributed by atoms with van der Waals surface area (Å²) in [4.78, 5) is 21.0. The highest BCUT2D eigenvalue weighted by atomic mass is 32.1. The standard InChI is InChI=1S/C23H24N4O2S2/c1-4-20(28)25-16-10-9-15(13-18(16)29-3)27-22(19-11-8-14(2)31-19)21(26-23(27)30)17-7-5-6-12-24-17/h5-13,21-22H,4H2,1-3H3,(H,25,28)(H,26,30)/t21-,22+/m1/s1. The van der Waals surface area contributed by atoms with Gasteiger partial charge in [-0.2, -0.15) is 0 Å². The quantitative estimate of drug-likeness (QED) is 0.514. The van der Waals surface area contributed by atoms with Gasteiger partial charge in [0.1, 0.15) is 5.75 Å². The van der Waals surface area contributed by atoms with Gasteiger partial charge in [0.25, 0.3) is 0 Å². The zero-order chi connectivity index (χ0) is 22.0. The van der Waals surface area contributed by atoms with Gasteiger partial charge >= 0.3 is 0 Å². The molecule has 0 saturated carbocycles. The predicted octanol–water partition coefficient (Wildman–Crippen LogP) is 4.99. The Balaban J connectivity index is 1.76. The van der Waals surface area contributed by atoms with Crippen molar-refractivity contribution in [2.75, 3.05) is 17.3 Å². The summed E-state index contributed by atoms with van der Waals surface area (Å²) >= 11 is 7.52. The Morgan fingerprint density at radius 2 is 2.13 bits per heavy atom. The number of thiophene rings is 1. The molecule has 1 amide bonds. The molecule has 0 radical (unpaired) electrons. The first-order valence-corrected chi connectivity index (χ1v) is 11.3. The summed E-state index contributed by atoms with van der Waals surface area (Å²) in [6.07, 6.45) is 2.20. The molecule has 0 bridgehead atoms. The van der Waals surface area contributed by atoms with E-state index in [2.05, 4.69) is 39.6 Å². The highest BCUT2D eigenvalue weighted by Crippen LogP contribution is 2.44. The summed E-state index contributed by atoms with van der Waals surface area (Å²) in [6.45, 7) is 3.92. The van der Waals surface area contributed by atoms with Crippen molar-refractivity contribution in [2.45, 2.75) is 32.4 Å². The van der Waals surface area contributed by atoms with Gasteiger partial charge in [-0.15, -0.1) is 11.3 Å². The van der Waals surface area contributed by atoms with Crippen molar-refractivity contribution in [3.8, 4) is 5.75 Å². The molecule has 1 aliphatic rings. The summed E-state index contributed by atoms with van der Waals surface area (Å²) in [6, 6.07) is 15.8. The van der Waals surface area contributed by atoms with E-state index in [4.69, 9.17) is 17.0 Å². The third kappa shape index (κ3) is 4.26. The highest BCUT2D eigenvalue weighted by Gasteiger charge is 2.41. The van der Waals surface area contributed by atoms with Crippen molar-refractivity contribution in [3.63, 3.8) is 0 Å². The maximum absolute atomic E-state index is 11.9. The molecule has 3 aromatic rings. The minimum Gasteiger partial charge on any atom is -0.494 e. The molecule has 1 aliphatic heterocycles. The van der Waals surface area contributed by atoms with Gasteiger partial charge in [-0.05, 0) is 55.5 Å². The number of aryl methyl sites for hydroxylation is 1. The first-order valence-electron chi connectivity index (χ1n) is 10.1. The lowest BCUT2D eigenvalue weighted by Gasteiger charge is -2.27. The van der Waals surface area contributed by atoms with E-state index >= 15 is 0 Å². The molecule has 160 valence electrons. The number of pyridine rings is 1. The first kappa shape index (κ1) is 21.3. The van der Waals surface area contributed by atoms with Crippen LogP contribution in [0.5, 0.6) is 5.75 Å². The molecule has 31 heavy (non-hydrogen) atoms. The number of ether oxygens (including phenoxy) is 1. The Hall–Kier alpha value is -2.97. The molecule has 1 aromatic carbocycles. The lowest BCUT2D eigenvalue weighted by atomic mass is 10.0. The lowest BCUT2D eigenvalue weighted by molar-refractivity contribution is -0.115. The second-order valence-electron chi connectivity index (χ2n) is 7.23. The van der Waals surface area contributed by atoms with Gasteiger partial charge in [0, 0.05) is 34.1 Å². The number of amides is 1. The van der Waals surface area contributed by atoms with Crippen LogP contribution in [-0.2, 0) is 4.79 Å². The predicted molar refractivity (Wildman–Crippen MR) is 129 cm³/mol. The van der Waals surface area contributed by atoms with Crippen molar-refractivity contribution >= 4 is 45.9 Å². The number of aromatic nitrogens is 1.